The SMILES string of the molecule is C=Cc1ccc(CC)c2c1C(=O)c1ccccc1C2=O. The maximum absolute atomic E-state index is 12.7. The zero-order valence-electron chi connectivity index (χ0n) is 11.3. The van der Waals surface area contributed by atoms with Crippen LogP contribution in [-0.2, 0) is 6.42 Å². The van der Waals surface area contributed by atoms with Gasteiger partial charge in [0.25, 0.3) is 0 Å². The van der Waals surface area contributed by atoms with Crippen molar-refractivity contribution in [2.24, 2.45) is 0 Å². The van der Waals surface area contributed by atoms with Crippen molar-refractivity contribution in [1.82, 2.24) is 0 Å². The second-order valence-electron chi connectivity index (χ2n) is 4.83. The minimum absolute atomic E-state index is 0.0595. The van der Waals surface area contributed by atoms with Crippen LogP contribution in [0.4, 0.5) is 0 Å². The first-order valence-electron chi connectivity index (χ1n) is 6.65. The van der Waals surface area contributed by atoms with Gasteiger partial charge >= 0.3 is 0 Å². The molecule has 2 aromatic rings. The maximum atomic E-state index is 12.7. The number of rotatable bonds is 2. The average Bonchev–Trinajstić information content (AvgIpc) is 2.51. The molecule has 0 saturated heterocycles. The molecule has 0 radical (unpaired) electrons. The second kappa shape index (κ2) is 4.57. The van der Waals surface area contributed by atoms with E-state index in [9.17, 15) is 9.59 Å². The summed E-state index contributed by atoms with van der Waals surface area (Å²) in [5.74, 6) is -0.142. The second-order valence-corrected chi connectivity index (χ2v) is 4.83. The van der Waals surface area contributed by atoms with Crippen molar-refractivity contribution >= 4 is 17.6 Å². The zero-order chi connectivity index (χ0) is 14.3. The van der Waals surface area contributed by atoms with Gasteiger partial charge in [-0.15, -0.1) is 0 Å². The van der Waals surface area contributed by atoms with Gasteiger partial charge in [-0.2, -0.15) is 0 Å². The van der Waals surface area contributed by atoms with Gasteiger partial charge in [-0.25, -0.2) is 0 Å². The van der Waals surface area contributed by atoms with Gasteiger partial charge in [0.05, 0.1) is 0 Å². The number of carbonyl (C=O) groups is 2. The monoisotopic (exact) mass is 262 g/mol. The van der Waals surface area contributed by atoms with Gasteiger partial charge in [-0.05, 0) is 17.5 Å². The highest BCUT2D eigenvalue weighted by Crippen LogP contribution is 2.32. The molecule has 2 heteroatoms. The Morgan fingerprint density at radius 1 is 0.950 bits per heavy atom. The lowest BCUT2D eigenvalue weighted by Crippen LogP contribution is -2.23. The van der Waals surface area contributed by atoms with Crippen molar-refractivity contribution in [3.05, 3.63) is 76.4 Å². The smallest absolute Gasteiger partial charge is 0.195 e. The lowest BCUT2D eigenvalue weighted by Gasteiger charge is -2.21. The van der Waals surface area contributed by atoms with Crippen LogP contribution < -0.4 is 0 Å². The predicted octanol–water partition coefficient (Wildman–Crippen LogP) is 3.67. The van der Waals surface area contributed by atoms with Gasteiger partial charge in [0.2, 0.25) is 0 Å². The van der Waals surface area contributed by atoms with E-state index < -0.39 is 0 Å². The number of hydrogen-bond acceptors (Lipinski definition) is 2. The molecule has 3 rings (SSSR count). The highest BCUT2D eigenvalue weighted by atomic mass is 16.1. The van der Waals surface area contributed by atoms with Crippen molar-refractivity contribution in [1.29, 1.82) is 0 Å². The van der Waals surface area contributed by atoms with E-state index in [0.717, 1.165) is 17.5 Å². The van der Waals surface area contributed by atoms with Gasteiger partial charge in [-0.1, -0.05) is 56.0 Å². The number of hydrogen-bond donors (Lipinski definition) is 0. The van der Waals surface area contributed by atoms with E-state index >= 15 is 0 Å². The van der Waals surface area contributed by atoms with Crippen LogP contribution in [0.1, 0.15) is 49.9 Å². The highest BCUT2D eigenvalue weighted by Gasteiger charge is 2.32. The third-order valence-corrected chi connectivity index (χ3v) is 3.80. The molecule has 98 valence electrons. The Hall–Kier alpha value is -2.48. The average molecular weight is 262 g/mol. The summed E-state index contributed by atoms with van der Waals surface area (Å²) in [4.78, 5) is 25.4. The summed E-state index contributed by atoms with van der Waals surface area (Å²) in [6.07, 6.45) is 2.36. The molecular formula is C18H14O2. The normalized spacial score (nSPS) is 12.8. The summed E-state index contributed by atoms with van der Waals surface area (Å²) in [6.45, 7) is 5.73. The Morgan fingerprint density at radius 3 is 2.10 bits per heavy atom. The molecule has 2 nitrogen and oxygen atoms in total. The molecule has 0 fully saturated rings. The van der Waals surface area contributed by atoms with Crippen molar-refractivity contribution in [2.45, 2.75) is 13.3 Å². The van der Waals surface area contributed by atoms with Crippen LogP contribution in [0.15, 0.2) is 43.0 Å². The third kappa shape index (κ3) is 1.58. The molecular weight excluding hydrogens is 248 g/mol. The Balaban J connectivity index is 2.40. The van der Waals surface area contributed by atoms with E-state index in [4.69, 9.17) is 0 Å². The standard InChI is InChI=1S/C18H14O2/c1-3-11-9-10-12(4-2)16-15(11)17(19)13-7-5-6-8-14(13)18(16)20/h3,5-10H,1,4H2,2H3. The summed E-state index contributed by atoms with van der Waals surface area (Å²) < 4.78 is 0. The topological polar surface area (TPSA) is 34.1 Å². The highest BCUT2D eigenvalue weighted by molar-refractivity contribution is 6.29. The first-order chi connectivity index (χ1) is 9.69. The molecule has 0 saturated carbocycles. The molecule has 20 heavy (non-hydrogen) atoms. The van der Waals surface area contributed by atoms with Gasteiger partial charge in [0, 0.05) is 22.3 Å². The predicted molar refractivity (Wildman–Crippen MR) is 79.2 cm³/mol. The quantitative estimate of drug-likeness (QED) is 0.706. The summed E-state index contributed by atoms with van der Waals surface area (Å²) in [5.41, 5.74) is 3.68. The van der Waals surface area contributed by atoms with E-state index in [2.05, 4.69) is 6.58 Å². The van der Waals surface area contributed by atoms with Gasteiger partial charge in [-0.3, -0.25) is 9.59 Å². The van der Waals surface area contributed by atoms with Crippen LogP contribution in [0.3, 0.4) is 0 Å². The van der Waals surface area contributed by atoms with Crippen LogP contribution in [0.5, 0.6) is 0 Å². The summed E-state index contributed by atoms with van der Waals surface area (Å²) in [6, 6.07) is 10.8. The molecule has 0 amide bonds. The van der Waals surface area contributed by atoms with Crippen LogP contribution in [0, 0.1) is 0 Å². The fourth-order valence-electron chi connectivity index (χ4n) is 2.78. The van der Waals surface area contributed by atoms with E-state index in [1.54, 1.807) is 30.3 Å². The maximum Gasteiger partial charge on any atom is 0.195 e. The van der Waals surface area contributed by atoms with Crippen molar-refractivity contribution in [3.8, 4) is 0 Å². The zero-order valence-corrected chi connectivity index (χ0v) is 11.3. The first-order valence-corrected chi connectivity index (χ1v) is 6.65. The number of benzene rings is 2. The van der Waals surface area contributed by atoms with Crippen LogP contribution in [-0.4, -0.2) is 11.6 Å². The van der Waals surface area contributed by atoms with Gasteiger partial charge in [0.15, 0.2) is 11.6 Å². The van der Waals surface area contributed by atoms with E-state index in [-0.39, 0.29) is 11.6 Å². The summed E-state index contributed by atoms with van der Waals surface area (Å²) in [5, 5.41) is 0. The number of aryl methyl sites for hydroxylation is 1. The largest absolute Gasteiger partial charge is 0.289 e. The van der Waals surface area contributed by atoms with E-state index in [1.165, 1.54) is 0 Å². The minimum atomic E-state index is -0.0830. The van der Waals surface area contributed by atoms with Crippen molar-refractivity contribution in [3.63, 3.8) is 0 Å². The molecule has 1 aliphatic carbocycles. The van der Waals surface area contributed by atoms with E-state index in [1.807, 2.05) is 19.1 Å². The Labute approximate surface area is 117 Å². The number of fused-ring (bicyclic) bond motifs is 2. The molecule has 0 heterocycles. The number of carbonyl (C=O) groups excluding carboxylic acids is 2. The molecule has 0 atom stereocenters. The Kier molecular flexibility index (Phi) is 2.87. The molecule has 0 aliphatic heterocycles. The minimum Gasteiger partial charge on any atom is -0.289 e. The van der Waals surface area contributed by atoms with Crippen LogP contribution >= 0.6 is 0 Å². The molecule has 0 spiro atoms. The van der Waals surface area contributed by atoms with Crippen molar-refractivity contribution < 1.29 is 9.59 Å². The van der Waals surface area contributed by atoms with Crippen LogP contribution in [0.25, 0.3) is 6.08 Å². The Bertz CT molecular complexity index is 754. The van der Waals surface area contributed by atoms with Gasteiger partial charge in [0.1, 0.15) is 0 Å². The summed E-state index contributed by atoms with van der Waals surface area (Å²) >= 11 is 0. The fourth-order valence-corrected chi connectivity index (χ4v) is 2.78. The molecule has 0 N–H and O–H groups in total. The van der Waals surface area contributed by atoms with Gasteiger partial charge < -0.3 is 0 Å². The van der Waals surface area contributed by atoms with E-state index in [0.29, 0.717) is 22.3 Å². The molecule has 2 aromatic carbocycles. The lowest BCUT2D eigenvalue weighted by atomic mass is 9.79. The Morgan fingerprint density at radius 2 is 1.55 bits per heavy atom. The fraction of sp³-hybridized carbons (Fsp3) is 0.111. The van der Waals surface area contributed by atoms with Crippen LogP contribution in [0.2, 0.25) is 0 Å². The lowest BCUT2D eigenvalue weighted by molar-refractivity contribution is 0.0978. The molecule has 0 bridgehead atoms. The first kappa shape index (κ1) is 12.5. The number of ketones is 2. The summed E-state index contributed by atoms with van der Waals surface area (Å²) in [7, 11) is 0. The third-order valence-electron chi connectivity index (χ3n) is 3.80. The molecule has 1 aliphatic rings. The molecule has 0 aromatic heterocycles. The van der Waals surface area contributed by atoms with Crippen molar-refractivity contribution in [2.75, 3.05) is 0 Å². The molecule has 0 unspecified atom stereocenters.